The van der Waals surface area contributed by atoms with Crippen molar-refractivity contribution in [3.8, 4) is 11.5 Å². The number of fused-ring (bicyclic) bond motifs is 1. The standard InChI is InChI=1S/C30H40N2O4/c1-9-10-16-24(27(34)31-29(5,6)7)32(22-14-12-11-13-15-22)28(35)30(8)18-17-23-21(4)25(33)19(2)20(3)26(23)36-30/h9,11-15,24,33H,1,10,16-18H2,2-8H3,(H,31,34). The van der Waals surface area contributed by atoms with Gasteiger partial charge in [0.2, 0.25) is 5.91 Å². The van der Waals surface area contributed by atoms with Gasteiger partial charge in [0, 0.05) is 23.2 Å². The second-order valence-electron chi connectivity index (χ2n) is 11.0. The topological polar surface area (TPSA) is 78.9 Å². The van der Waals surface area contributed by atoms with E-state index in [1.54, 1.807) is 17.9 Å². The Morgan fingerprint density at radius 3 is 2.39 bits per heavy atom. The lowest BCUT2D eigenvalue weighted by Gasteiger charge is -2.42. The lowest BCUT2D eigenvalue weighted by molar-refractivity contribution is -0.137. The number of hydrogen-bond donors (Lipinski definition) is 2. The third-order valence-corrected chi connectivity index (χ3v) is 6.98. The quantitative estimate of drug-likeness (QED) is 0.487. The summed E-state index contributed by atoms with van der Waals surface area (Å²) in [5.74, 6) is 0.452. The van der Waals surface area contributed by atoms with Crippen molar-refractivity contribution >= 4 is 17.5 Å². The molecule has 194 valence electrons. The first-order chi connectivity index (χ1) is 16.8. The third kappa shape index (κ3) is 5.43. The minimum absolute atomic E-state index is 0.214. The van der Waals surface area contributed by atoms with Gasteiger partial charge >= 0.3 is 0 Å². The van der Waals surface area contributed by atoms with E-state index in [0.29, 0.717) is 37.1 Å². The fourth-order valence-electron chi connectivity index (χ4n) is 4.79. The van der Waals surface area contributed by atoms with Crippen LogP contribution in [-0.2, 0) is 16.0 Å². The number of amides is 2. The van der Waals surface area contributed by atoms with Crippen LogP contribution < -0.4 is 15.0 Å². The van der Waals surface area contributed by atoms with Gasteiger partial charge in [-0.3, -0.25) is 14.5 Å². The number of phenols is 1. The molecule has 0 saturated carbocycles. The Hall–Kier alpha value is -3.28. The molecular weight excluding hydrogens is 452 g/mol. The molecule has 1 aliphatic rings. The second kappa shape index (κ2) is 10.4. The van der Waals surface area contributed by atoms with E-state index in [-0.39, 0.29) is 17.6 Å². The Labute approximate surface area is 215 Å². The number of carbonyl (C=O) groups is 2. The zero-order valence-electron chi connectivity index (χ0n) is 22.7. The number of phenolic OH excluding ortho intramolecular Hbond substituents is 1. The lowest BCUT2D eigenvalue weighted by Crippen LogP contribution is -2.60. The Kier molecular flexibility index (Phi) is 7.87. The van der Waals surface area contributed by atoms with Crippen molar-refractivity contribution in [2.45, 2.75) is 91.3 Å². The average Bonchev–Trinajstić information content (AvgIpc) is 2.83. The number of nitrogens with zero attached hydrogens (tertiary/aromatic N) is 1. The summed E-state index contributed by atoms with van der Waals surface area (Å²) in [7, 11) is 0. The van der Waals surface area contributed by atoms with E-state index in [0.717, 1.165) is 22.3 Å². The van der Waals surface area contributed by atoms with Crippen LogP contribution >= 0.6 is 0 Å². The first kappa shape index (κ1) is 27.3. The van der Waals surface area contributed by atoms with Crippen molar-refractivity contribution in [1.82, 2.24) is 5.32 Å². The number of rotatable bonds is 7. The van der Waals surface area contributed by atoms with Gasteiger partial charge in [0.05, 0.1) is 0 Å². The molecule has 0 bridgehead atoms. The van der Waals surface area contributed by atoms with Crippen LogP contribution in [0.5, 0.6) is 11.5 Å². The van der Waals surface area contributed by atoms with Gasteiger partial charge in [0.25, 0.3) is 5.91 Å². The molecule has 2 N–H and O–H groups in total. The maximum atomic E-state index is 14.4. The number of carbonyl (C=O) groups excluding carboxylic acids is 2. The second-order valence-corrected chi connectivity index (χ2v) is 11.0. The third-order valence-electron chi connectivity index (χ3n) is 6.98. The van der Waals surface area contributed by atoms with Crippen molar-refractivity contribution < 1.29 is 19.4 Å². The van der Waals surface area contributed by atoms with E-state index in [4.69, 9.17) is 4.74 Å². The summed E-state index contributed by atoms with van der Waals surface area (Å²) in [4.78, 5) is 29.5. The Bertz CT molecular complexity index is 1150. The van der Waals surface area contributed by atoms with Crippen LogP contribution in [0, 0.1) is 20.8 Å². The van der Waals surface area contributed by atoms with E-state index >= 15 is 0 Å². The lowest BCUT2D eigenvalue weighted by atomic mass is 9.86. The SMILES string of the molecule is C=CCCC(C(=O)NC(C)(C)C)N(C(=O)C1(C)CCc2c(C)c(O)c(C)c(C)c2O1)c1ccccc1. The van der Waals surface area contributed by atoms with Crippen LogP contribution in [0.25, 0.3) is 0 Å². The molecule has 0 saturated heterocycles. The minimum Gasteiger partial charge on any atom is -0.507 e. The summed E-state index contributed by atoms with van der Waals surface area (Å²) in [6, 6.07) is 8.57. The molecule has 2 atom stereocenters. The number of anilines is 1. The highest BCUT2D eigenvalue weighted by Crippen LogP contribution is 2.44. The van der Waals surface area contributed by atoms with Crippen LogP contribution in [0.2, 0.25) is 0 Å². The van der Waals surface area contributed by atoms with Gasteiger partial charge in [0.15, 0.2) is 5.60 Å². The normalized spacial score (nSPS) is 18.0. The number of hydrogen-bond acceptors (Lipinski definition) is 4. The Morgan fingerprint density at radius 1 is 1.17 bits per heavy atom. The van der Waals surface area contributed by atoms with E-state index in [1.165, 1.54) is 0 Å². The number of allylic oxidation sites excluding steroid dienone is 1. The molecule has 2 amide bonds. The Morgan fingerprint density at radius 2 is 1.81 bits per heavy atom. The minimum atomic E-state index is -1.18. The molecular formula is C30H40N2O4. The van der Waals surface area contributed by atoms with Crippen LogP contribution in [-0.4, -0.2) is 34.1 Å². The molecule has 0 aromatic heterocycles. The van der Waals surface area contributed by atoms with Crippen molar-refractivity contribution in [3.63, 3.8) is 0 Å². The molecule has 1 aliphatic heterocycles. The monoisotopic (exact) mass is 492 g/mol. The summed E-state index contributed by atoms with van der Waals surface area (Å²) >= 11 is 0. The first-order valence-corrected chi connectivity index (χ1v) is 12.6. The smallest absolute Gasteiger partial charge is 0.271 e. The molecule has 2 unspecified atom stereocenters. The van der Waals surface area contributed by atoms with Crippen LogP contribution in [0.1, 0.15) is 69.2 Å². The first-order valence-electron chi connectivity index (χ1n) is 12.6. The van der Waals surface area contributed by atoms with Gasteiger partial charge in [-0.1, -0.05) is 24.3 Å². The number of aromatic hydroxyl groups is 1. The molecule has 0 fully saturated rings. The molecule has 0 radical (unpaired) electrons. The van der Waals surface area contributed by atoms with Crippen molar-refractivity contribution in [2.24, 2.45) is 0 Å². The molecule has 6 heteroatoms. The molecule has 6 nitrogen and oxygen atoms in total. The number of para-hydroxylation sites is 1. The Balaban J connectivity index is 2.09. The van der Waals surface area contributed by atoms with Crippen molar-refractivity contribution in [1.29, 1.82) is 0 Å². The molecule has 2 aromatic rings. The molecule has 0 aliphatic carbocycles. The van der Waals surface area contributed by atoms with E-state index in [9.17, 15) is 14.7 Å². The number of benzene rings is 2. The molecule has 3 rings (SSSR count). The van der Waals surface area contributed by atoms with Crippen LogP contribution in [0.3, 0.4) is 0 Å². The average molecular weight is 493 g/mol. The zero-order chi connectivity index (χ0) is 26.8. The number of nitrogens with one attached hydrogen (secondary N) is 1. The largest absolute Gasteiger partial charge is 0.507 e. The number of ether oxygens (including phenoxy) is 1. The zero-order valence-corrected chi connectivity index (χ0v) is 22.7. The molecule has 36 heavy (non-hydrogen) atoms. The maximum absolute atomic E-state index is 14.4. The summed E-state index contributed by atoms with van der Waals surface area (Å²) < 4.78 is 6.51. The van der Waals surface area contributed by atoms with Gasteiger partial charge in [-0.25, -0.2) is 0 Å². The van der Waals surface area contributed by atoms with E-state index in [2.05, 4.69) is 11.9 Å². The maximum Gasteiger partial charge on any atom is 0.271 e. The van der Waals surface area contributed by atoms with Crippen LogP contribution in [0.15, 0.2) is 43.0 Å². The summed E-state index contributed by atoms with van der Waals surface area (Å²) in [6.07, 6.45) is 3.80. The van der Waals surface area contributed by atoms with Gasteiger partial charge in [0.1, 0.15) is 17.5 Å². The van der Waals surface area contributed by atoms with E-state index < -0.39 is 17.2 Å². The van der Waals surface area contributed by atoms with E-state index in [1.807, 2.05) is 71.9 Å². The highest BCUT2D eigenvalue weighted by Gasteiger charge is 2.46. The summed E-state index contributed by atoms with van der Waals surface area (Å²) in [5.41, 5.74) is 2.30. The highest BCUT2D eigenvalue weighted by atomic mass is 16.5. The molecule has 1 heterocycles. The summed E-state index contributed by atoms with van der Waals surface area (Å²) in [6.45, 7) is 17.0. The summed E-state index contributed by atoms with van der Waals surface area (Å²) in [5, 5.41) is 13.6. The van der Waals surface area contributed by atoms with Gasteiger partial charge < -0.3 is 15.2 Å². The van der Waals surface area contributed by atoms with Gasteiger partial charge in [-0.15, -0.1) is 6.58 Å². The van der Waals surface area contributed by atoms with Crippen molar-refractivity contribution in [3.05, 3.63) is 65.2 Å². The fraction of sp³-hybridized carbons (Fsp3) is 0.467. The molecule has 0 spiro atoms. The predicted molar refractivity (Wildman–Crippen MR) is 145 cm³/mol. The highest BCUT2D eigenvalue weighted by molar-refractivity contribution is 6.05. The van der Waals surface area contributed by atoms with Gasteiger partial charge in [-0.05, 0) is 96.6 Å². The van der Waals surface area contributed by atoms with Crippen molar-refractivity contribution in [2.75, 3.05) is 4.90 Å². The van der Waals surface area contributed by atoms with Crippen LogP contribution in [0.4, 0.5) is 5.69 Å². The predicted octanol–water partition coefficient (Wildman–Crippen LogP) is 5.68. The van der Waals surface area contributed by atoms with Gasteiger partial charge in [-0.2, -0.15) is 0 Å². The molecule has 2 aromatic carbocycles. The fourth-order valence-corrected chi connectivity index (χ4v) is 4.79.